The lowest BCUT2D eigenvalue weighted by Crippen LogP contribution is -2.45. The second kappa shape index (κ2) is 6.76. The van der Waals surface area contributed by atoms with Crippen LogP contribution in [0, 0.1) is 17.3 Å². The van der Waals surface area contributed by atoms with Crippen LogP contribution in [0.15, 0.2) is 12.2 Å². The number of aliphatic hydroxyl groups excluding tert-OH is 1. The van der Waals surface area contributed by atoms with Gasteiger partial charge in [0.2, 0.25) is 0 Å². The van der Waals surface area contributed by atoms with Gasteiger partial charge in [-0.05, 0) is 36.4 Å². The van der Waals surface area contributed by atoms with Crippen LogP contribution in [-0.2, 0) is 4.43 Å². The Labute approximate surface area is 127 Å². The third-order valence-electron chi connectivity index (χ3n) is 5.58. The van der Waals surface area contributed by atoms with Crippen LogP contribution in [0.5, 0.6) is 0 Å². The highest BCUT2D eigenvalue weighted by atomic mass is 28.4. The zero-order valence-corrected chi connectivity index (χ0v) is 16.1. The maximum Gasteiger partial charge on any atom is 0.191 e. The molecule has 2 atom stereocenters. The van der Waals surface area contributed by atoms with Crippen molar-refractivity contribution >= 4 is 8.32 Å². The Morgan fingerprint density at radius 2 is 1.65 bits per heavy atom. The van der Waals surface area contributed by atoms with E-state index in [9.17, 15) is 5.11 Å². The van der Waals surface area contributed by atoms with Gasteiger partial charge in [-0.2, -0.15) is 0 Å². The number of hydrogen-bond donors (Lipinski definition) is 1. The minimum Gasteiger partial charge on any atom is -0.416 e. The largest absolute Gasteiger partial charge is 0.416 e. The summed E-state index contributed by atoms with van der Waals surface area (Å²) in [6.45, 7) is 24.8. The van der Waals surface area contributed by atoms with Crippen LogP contribution < -0.4 is 0 Å². The molecule has 0 heterocycles. The van der Waals surface area contributed by atoms with E-state index in [1.54, 1.807) is 0 Å². The summed E-state index contributed by atoms with van der Waals surface area (Å²) >= 11 is 0. The van der Waals surface area contributed by atoms with Crippen molar-refractivity contribution in [3.8, 4) is 0 Å². The molecular formula is C17H36O2Si. The smallest absolute Gasteiger partial charge is 0.191 e. The van der Waals surface area contributed by atoms with Crippen LogP contribution in [0.1, 0.15) is 48.5 Å². The van der Waals surface area contributed by atoms with Gasteiger partial charge < -0.3 is 9.53 Å². The average molecular weight is 301 g/mol. The normalized spacial score (nSPS) is 16.9. The van der Waals surface area contributed by atoms with E-state index in [1.807, 2.05) is 0 Å². The molecule has 0 radical (unpaired) electrons. The van der Waals surface area contributed by atoms with E-state index in [4.69, 9.17) is 4.43 Å². The lowest BCUT2D eigenvalue weighted by Gasteiger charge is -2.42. The second-order valence-corrected chi connectivity index (χ2v) is 13.1. The highest BCUT2D eigenvalue weighted by Gasteiger charge is 2.40. The molecule has 20 heavy (non-hydrogen) atoms. The molecular weight excluding hydrogens is 264 g/mol. The van der Waals surface area contributed by atoms with Crippen LogP contribution in [0.4, 0.5) is 0 Å². The van der Waals surface area contributed by atoms with Crippen molar-refractivity contribution in [2.24, 2.45) is 17.3 Å². The van der Waals surface area contributed by atoms with Gasteiger partial charge in [0, 0.05) is 19.1 Å². The maximum absolute atomic E-state index is 9.80. The van der Waals surface area contributed by atoms with E-state index in [0.717, 1.165) is 0 Å². The number of hydrogen-bond acceptors (Lipinski definition) is 2. The zero-order chi connectivity index (χ0) is 16.4. The molecule has 3 heteroatoms. The van der Waals surface area contributed by atoms with E-state index in [2.05, 4.69) is 68.1 Å². The molecule has 2 unspecified atom stereocenters. The van der Waals surface area contributed by atoms with Gasteiger partial charge in [0.05, 0.1) is 0 Å². The Kier molecular flexibility index (Phi) is 6.72. The van der Waals surface area contributed by atoms with Crippen LogP contribution in [-0.4, -0.2) is 26.6 Å². The van der Waals surface area contributed by atoms with Crippen molar-refractivity contribution < 1.29 is 9.53 Å². The fourth-order valence-corrected chi connectivity index (χ4v) is 3.07. The van der Waals surface area contributed by atoms with Crippen molar-refractivity contribution in [3.63, 3.8) is 0 Å². The first-order chi connectivity index (χ1) is 8.77. The van der Waals surface area contributed by atoms with E-state index < -0.39 is 8.32 Å². The van der Waals surface area contributed by atoms with Gasteiger partial charge in [0.25, 0.3) is 0 Å². The summed E-state index contributed by atoms with van der Waals surface area (Å²) in [6, 6.07) is 0. The van der Waals surface area contributed by atoms with Gasteiger partial charge in [-0.3, -0.25) is 0 Å². The van der Waals surface area contributed by atoms with Crippen molar-refractivity contribution in [1.82, 2.24) is 0 Å². The fraction of sp³-hybridized carbons (Fsp3) is 0.882. The first-order valence-corrected chi connectivity index (χ1v) is 10.6. The lowest BCUT2D eigenvalue weighted by molar-refractivity contribution is 0.0402. The Bertz CT molecular complexity index is 326. The molecule has 0 aliphatic heterocycles. The SMILES string of the molecule is C=C(C)C(C)C(C)(C)C(CO)CO[Si](C)(C)C(C)(C)C. The van der Waals surface area contributed by atoms with Gasteiger partial charge in [-0.15, -0.1) is 0 Å². The summed E-state index contributed by atoms with van der Waals surface area (Å²) in [4.78, 5) is 0. The number of allylic oxidation sites excluding steroid dienone is 1. The molecule has 2 nitrogen and oxygen atoms in total. The van der Waals surface area contributed by atoms with Gasteiger partial charge in [0.15, 0.2) is 8.32 Å². The quantitative estimate of drug-likeness (QED) is 0.537. The van der Waals surface area contributed by atoms with Crippen LogP contribution in [0.2, 0.25) is 18.1 Å². The van der Waals surface area contributed by atoms with E-state index in [1.165, 1.54) is 5.57 Å². The Balaban J connectivity index is 4.93. The highest BCUT2D eigenvalue weighted by Crippen LogP contribution is 2.41. The second-order valence-electron chi connectivity index (χ2n) is 8.34. The van der Waals surface area contributed by atoms with Crippen LogP contribution in [0.25, 0.3) is 0 Å². The van der Waals surface area contributed by atoms with E-state index in [-0.39, 0.29) is 23.0 Å². The summed E-state index contributed by atoms with van der Waals surface area (Å²) in [5.41, 5.74) is 1.16. The van der Waals surface area contributed by atoms with Gasteiger partial charge >= 0.3 is 0 Å². The molecule has 120 valence electrons. The molecule has 0 aromatic heterocycles. The Morgan fingerprint density at radius 1 is 1.20 bits per heavy atom. The number of rotatable bonds is 7. The molecule has 0 aliphatic carbocycles. The molecule has 0 rings (SSSR count). The summed E-state index contributed by atoms with van der Waals surface area (Å²) in [6.07, 6.45) is 0. The average Bonchev–Trinajstić information content (AvgIpc) is 2.26. The predicted molar refractivity (Wildman–Crippen MR) is 91.5 cm³/mol. The van der Waals surface area contributed by atoms with Gasteiger partial charge in [-0.25, -0.2) is 0 Å². The zero-order valence-electron chi connectivity index (χ0n) is 15.1. The predicted octanol–water partition coefficient (Wildman–Crippen LogP) is 4.86. The minimum absolute atomic E-state index is 0.0110. The summed E-state index contributed by atoms with van der Waals surface area (Å²) < 4.78 is 6.31. The maximum atomic E-state index is 9.80. The van der Waals surface area contributed by atoms with Gasteiger partial charge in [0.1, 0.15) is 0 Å². The topological polar surface area (TPSA) is 29.5 Å². The molecule has 0 spiro atoms. The molecule has 0 saturated heterocycles. The van der Waals surface area contributed by atoms with Crippen LogP contribution >= 0.6 is 0 Å². The molecule has 0 amide bonds. The molecule has 0 aromatic rings. The minimum atomic E-state index is -1.76. The summed E-state index contributed by atoms with van der Waals surface area (Å²) in [7, 11) is -1.76. The summed E-state index contributed by atoms with van der Waals surface area (Å²) in [5, 5.41) is 10.0. The van der Waals surface area contributed by atoms with E-state index >= 15 is 0 Å². The molecule has 0 aliphatic rings. The van der Waals surface area contributed by atoms with Crippen molar-refractivity contribution in [2.75, 3.05) is 13.2 Å². The third kappa shape index (κ3) is 4.71. The van der Waals surface area contributed by atoms with Crippen molar-refractivity contribution in [2.45, 2.75) is 66.6 Å². The first kappa shape index (κ1) is 19.9. The number of aliphatic hydroxyl groups is 1. The van der Waals surface area contributed by atoms with Gasteiger partial charge in [-0.1, -0.05) is 53.7 Å². The standard InChI is InChI=1S/C17H36O2Si/c1-13(2)14(3)17(7,8)15(11-18)12-19-20(9,10)16(4,5)6/h14-15,18H,1,11-12H2,2-10H3. The molecule has 0 fully saturated rings. The third-order valence-corrected chi connectivity index (χ3v) is 10.1. The molecule has 0 bridgehead atoms. The highest BCUT2D eigenvalue weighted by molar-refractivity contribution is 6.74. The van der Waals surface area contributed by atoms with Crippen LogP contribution in [0.3, 0.4) is 0 Å². The Morgan fingerprint density at radius 3 is 1.95 bits per heavy atom. The fourth-order valence-electron chi connectivity index (χ4n) is 2.02. The van der Waals surface area contributed by atoms with Crippen molar-refractivity contribution in [1.29, 1.82) is 0 Å². The summed E-state index contributed by atoms with van der Waals surface area (Å²) in [5.74, 6) is 0.506. The first-order valence-electron chi connectivity index (χ1n) is 7.67. The molecule has 0 aromatic carbocycles. The van der Waals surface area contributed by atoms with E-state index in [0.29, 0.717) is 12.5 Å². The van der Waals surface area contributed by atoms with Crippen molar-refractivity contribution in [3.05, 3.63) is 12.2 Å². The molecule has 1 N–H and O–H groups in total. The lowest BCUT2D eigenvalue weighted by atomic mass is 9.68. The Hall–Kier alpha value is -0.123. The molecule has 0 saturated carbocycles. The monoisotopic (exact) mass is 300 g/mol.